The fourth-order valence-corrected chi connectivity index (χ4v) is 1.98. The van der Waals surface area contributed by atoms with Gasteiger partial charge < -0.3 is 16.0 Å². The molecule has 1 heterocycles. The van der Waals surface area contributed by atoms with Crippen LogP contribution in [0.3, 0.4) is 0 Å². The molecule has 0 bridgehead atoms. The summed E-state index contributed by atoms with van der Waals surface area (Å²) in [7, 11) is 0. The van der Waals surface area contributed by atoms with Crippen LogP contribution in [-0.2, 0) is 6.54 Å². The largest absolute Gasteiger partial charge is 0.399 e. The van der Waals surface area contributed by atoms with E-state index in [4.69, 9.17) is 5.73 Å². The van der Waals surface area contributed by atoms with Gasteiger partial charge in [-0.2, -0.15) is 0 Å². The Bertz CT molecular complexity index is 610. The van der Waals surface area contributed by atoms with E-state index in [-0.39, 0.29) is 6.03 Å². The van der Waals surface area contributed by atoms with Gasteiger partial charge in [0.25, 0.3) is 0 Å². The van der Waals surface area contributed by atoms with Gasteiger partial charge in [-0.1, -0.05) is 6.07 Å². The first-order valence-electron chi connectivity index (χ1n) is 6.92. The molecule has 0 spiro atoms. The molecular weight excluding hydrogens is 264 g/mol. The SMILES string of the molecule is CCN(Cc1cccc(C)n1)C(=O)Nc1ccc(N)cc1. The number of pyridine rings is 1. The molecule has 5 nitrogen and oxygen atoms in total. The molecule has 0 atom stereocenters. The maximum Gasteiger partial charge on any atom is 0.322 e. The normalized spacial score (nSPS) is 10.2. The number of anilines is 2. The highest BCUT2D eigenvalue weighted by molar-refractivity contribution is 5.89. The number of hydrogen-bond acceptors (Lipinski definition) is 3. The number of amides is 2. The lowest BCUT2D eigenvalue weighted by molar-refractivity contribution is 0.211. The molecule has 110 valence electrons. The minimum atomic E-state index is -0.148. The number of nitrogens with zero attached hydrogens (tertiary/aromatic N) is 2. The molecule has 1 aromatic carbocycles. The molecule has 0 saturated heterocycles. The van der Waals surface area contributed by atoms with E-state index >= 15 is 0 Å². The molecule has 2 amide bonds. The number of aromatic nitrogens is 1. The van der Waals surface area contributed by atoms with Crippen LogP contribution in [-0.4, -0.2) is 22.5 Å². The molecule has 3 N–H and O–H groups in total. The average Bonchev–Trinajstić information content (AvgIpc) is 2.47. The molecule has 0 aliphatic carbocycles. The Labute approximate surface area is 124 Å². The fourth-order valence-electron chi connectivity index (χ4n) is 1.98. The third-order valence-electron chi connectivity index (χ3n) is 3.13. The second kappa shape index (κ2) is 6.74. The Morgan fingerprint density at radius 2 is 1.95 bits per heavy atom. The summed E-state index contributed by atoms with van der Waals surface area (Å²) in [5, 5.41) is 2.86. The van der Waals surface area contributed by atoms with Gasteiger partial charge in [0, 0.05) is 23.6 Å². The van der Waals surface area contributed by atoms with E-state index in [2.05, 4.69) is 10.3 Å². The molecule has 2 rings (SSSR count). The lowest BCUT2D eigenvalue weighted by Crippen LogP contribution is -2.34. The Morgan fingerprint density at radius 3 is 2.57 bits per heavy atom. The highest BCUT2D eigenvalue weighted by Gasteiger charge is 2.12. The molecule has 1 aromatic heterocycles. The highest BCUT2D eigenvalue weighted by Crippen LogP contribution is 2.12. The number of nitrogen functional groups attached to an aromatic ring is 1. The average molecular weight is 284 g/mol. The Balaban J connectivity index is 2.03. The molecule has 5 heteroatoms. The molecule has 21 heavy (non-hydrogen) atoms. The number of carbonyl (C=O) groups excluding carboxylic acids is 1. The maximum absolute atomic E-state index is 12.3. The van der Waals surface area contributed by atoms with Crippen LogP contribution < -0.4 is 11.1 Å². The summed E-state index contributed by atoms with van der Waals surface area (Å²) < 4.78 is 0. The van der Waals surface area contributed by atoms with Gasteiger partial charge in [0.15, 0.2) is 0 Å². The summed E-state index contributed by atoms with van der Waals surface area (Å²) in [4.78, 5) is 18.4. The van der Waals surface area contributed by atoms with Gasteiger partial charge in [-0.05, 0) is 50.2 Å². The topological polar surface area (TPSA) is 71.2 Å². The van der Waals surface area contributed by atoms with Crippen LogP contribution in [0.5, 0.6) is 0 Å². The summed E-state index contributed by atoms with van der Waals surface area (Å²) in [6.07, 6.45) is 0. The predicted octanol–water partition coefficient (Wildman–Crippen LogP) is 3.03. The van der Waals surface area contributed by atoms with Gasteiger partial charge in [-0.3, -0.25) is 4.98 Å². The molecule has 0 saturated carbocycles. The van der Waals surface area contributed by atoms with Gasteiger partial charge in [0.1, 0.15) is 0 Å². The zero-order valence-electron chi connectivity index (χ0n) is 12.3. The first-order chi connectivity index (χ1) is 10.1. The van der Waals surface area contributed by atoms with Gasteiger partial charge >= 0.3 is 6.03 Å². The third-order valence-corrected chi connectivity index (χ3v) is 3.13. The standard InChI is InChI=1S/C16H20N4O/c1-3-20(11-15-6-4-5-12(2)18-15)16(21)19-14-9-7-13(17)8-10-14/h4-10H,3,11,17H2,1-2H3,(H,19,21). The maximum atomic E-state index is 12.3. The summed E-state index contributed by atoms with van der Waals surface area (Å²) in [5.74, 6) is 0. The van der Waals surface area contributed by atoms with E-state index in [9.17, 15) is 4.79 Å². The number of nitrogens with two attached hydrogens (primary N) is 1. The van der Waals surface area contributed by atoms with Crippen LogP contribution in [0.2, 0.25) is 0 Å². The van der Waals surface area contributed by atoms with E-state index in [1.165, 1.54) is 0 Å². The number of hydrogen-bond donors (Lipinski definition) is 2. The summed E-state index contributed by atoms with van der Waals surface area (Å²) >= 11 is 0. The minimum Gasteiger partial charge on any atom is -0.399 e. The van der Waals surface area contributed by atoms with Gasteiger partial charge in [0.05, 0.1) is 12.2 Å². The van der Waals surface area contributed by atoms with Crippen molar-refractivity contribution >= 4 is 17.4 Å². The van der Waals surface area contributed by atoms with Gasteiger partial charge in [-0.15, -0.1) is 0 Å². The number of urea groups is 1. The first kappa shape index (κ1) is 14.8. The van der Waals surface area contributed by atoms with Crippen molar-refractivity contribution in [2.24, 2.45) is 0 Å². The zero-order valence-corrected chi connectivity index (χ0v) is 12.3. The van der Waals surface area contributed by atoms with Crippen molar-refractivity contribution in [3.63, 3.8) is 0 Å². The van der Waals surface area contributed by atoms with Crippen molar-refractivity contribution in [1.29, 1.82) is 0 Å². The monoisotopic (exact) mass is 284 g/mol. The van der Waals surface area contributed by atoms with Crippen LogP contribution in [0.25, 0.3) is 0 Å². The highest BCUT2D eigenvalue weighted by atomic mass is 16.2. The van der Waals surface area contributed by atoms with Crippen LogP contribution in [0.4, 0.5) is 16.2 Å². The van der Waals surface area contributed by atoms with Crippen LogP contribution in [0, 0.1) is 6.92 Å². The summed E-state index contributed by atoms with van der Waals surface area (Å²) in [6.45, 7) is 4.97. The van der Waals surface area contributed by atoms with Crippen molar-refractivity contribution in [2.75, 3.05) is 17.6 Å². The fraction of sp³-hybridized carbons (Fsp3) is 0.250. The van der Waals surface area contributed by atoms with Crippen molar-refractivity contribution in [3.8, 4) is 0 Å². The second-order valence-electron chi connectivity index (χ2n) is 4.84. The van der Waals surface area contributed by atoms with Crippen molar-refractivity contribution in [3.05, 3.63) is 53.9 Å². The number of benzene rings is 1. The second-order valence-corrected chi connectivity index (χ2v) is 4.84. The zero-order chi connectivity index (χ0) is 15.2. The lowest BCUT2D eigenvalue weighted by atomic mass is 10.3. The quantitative estimate of drug-likeness (QED) is 0.848. The number of aryl methyl sites for hydroxylation is 1. The molecule has 2 aromatic rings. The minimum absolute atomic E-state index is 0.148. The number of nitrogens with one attached hydrogen (secondary N) is 1. The van der Waals surface area contributed by atoms with Crippen LogP contribution >= 0.6 is 0 Å². The molecule has 0 aliphatic rings. The molecule has 0 unspecified atom stereocenters. The van der Waals surface area contributed by atoms with Crippen molar-refractivity contribution in [1.82, 2.24) is 9.88 Å². The smallest absolute Gasteiger partial charge is 0.322 e. The molecule has 0 fully saturated rings. The Kier molecular flexibility index (Phi) is 4.77. The van der Waals surface area contributed by atoms with Crippen molar-refractivity contribution < 1.29 is 4.79 Å². The van der Waals surface area contributed by atoms with E-state index in [1.807, 2.05) is 32.0 Å². The van der Waals surface area contributed by atoms with Crippen molar-refractivity contribution in [2.45, 2.75) is 20.4 Å². The Hall–Kier alpha value is -2.56. The van der Waals surface area contributed by atoms with Crippen LogP contribution in [0.1, 0.15) is 18.3 Å². The van der Waals surface area contributed by atoms with E-state index in [0.29, 0.717) is 18.8 Å². The number of carbonyl (C=O) groups is 1. The van der Waals surface area contributed by atoms with Crippen LogP contribution in [0.15, 0.2) is 42.5 Å². The molecule has 0 aliphatic heterocycles. The van der Waals surface area contributed by atoms with Gasteiger partial charge in [0.2, 0.25) is 0 Å². The summed E-state index contributed by atoms with van der Waals surface area (Å²) in [6, 6.07) is 12.7. The third kappa shape index (κ3) is 4.21. The summed E-state index contributed by atoms with van der Waals surface area (Å²) in [5.41, 5.74) is 8.85. The molecular formula is C16H20N4O. The predicted molar refractivity (Wildman–Crippen MR) is 84.9 cm³/mol. The molecule has 0 radical (unpaired) electrons. The first-order valence-corrected chi connectivity index (χ1v) is 6.92. The Morgan fingerprint density at radius 1 is 1.24 bits per heavy atom. The lowest BCUT2D eigenvalue weighted by Gasteiger charge is -2.21. The number of rotatable bonds is 4. The van der Waals surface area contributed by atoms with E-state index in [1.54, 1.807) is 29.2 Å². The van der Waals surface area contributed by atoms with E-state index in [0.717, 1.165) is 17.1 Å². The van der Waals surface area contributed by atoms with E-state index < -0.39 is 0 Å². The van der Waals surface area contributed by atoms with Gasteiger partial charge in [-0.25, -0.2) is 4.79 Å².